The van der Waals surface area contributed by atoms with Crippen molar-refractivity contribution in [2.75, 3.05) is 23.0 Å². The van der Waals surface area contributed by atoms with Crippen molar-refractivity contribution in [3.8, 4) is 5.75 Å². The number of rotatable bonds is 6. The number of carbonyl (C=O) groups excluding carboxylic acids is 3. The highest BCUT2D eigenvalue weighted by molar-refractivity contribution is 6.04. The van der Waals surface area contributed by atoms with Gasteiger partial charge in [0.1, 0.15) is 5.75 Å². The van der Waals surface area contributed by atoms with Gasteiger partial charge in [-0.15, -0.1) is 0 Å². The van der Waals surface area contributed by atoms with Crippen LogP contribution >= 0.6 is 0 Å². The zero-order chi connectivity index (χ0) is 23.7. The van der Waals surface area contributed by atoms with Crippen LogP contribution in [0, 0.1) is 0 Å². The minimum Gasteiger partial charge on any atom is -0.482 e. The number of nitrogens with zero attached hydrogens (tertiary/aromatic N) is 1. The first-order valence-corrected chi connectivity index (χ1v) is 11.1. The third-order valence-electron chi connectivity index (χ3n) is 5.85. The Labute approximate surface area is 196 Å². The van der Waals surface area contributed by atoms with Gasteiger partial charge in [0, 0.05) is 35.1 Å². The van der Waals surface area contributed by atoms with Crippen LogP contribution in [0.25, 0.3) is 0 Å². The number of nitrogens with two attached hydrogens (primary N) is 1. The van der Waals surface area contributed by atoms with E-state index in [1.807, 2.05) is 17.0 Å². The van der Waals surface area contributed by atoms with E-state index in [1.165, 1.54) is 0 Å². The Kier molecular flexibility index (Phi) is 5.63. The maximum atomic E-state index is 13.3. The van der Waals surface area contributed by atoms with Gasteiger partial charge in [-0.05, 0) is 73.0 Å². The van der Waals surface area contributed by atoms with Crippen molar-refractivity contribution < 1.29 is 19.1 Å². The average Bonchev–Trinajstić information content (AvgIpc) is 3.69. The molecule has 3 amide bonds. The summed E-state index contributed by atoms with van der Waals surface area (Å²) >= 11 is 0. The molecule has 1 fully saturated rings. The zero-order valence-corrected chi connectivity index (χ0v) is 18.4. The molecule has 0 saturated heterocycles. The van der Waals surface area contributed by atoms with Crippen LogP contribution < -0.4 is 21.1 Å². The number of benzene rings is 3. The first-order chi connectivity index (χ1) is 16.5. The molecule has 3 aromatic carbocycles. The van der Waals surface area contributed by atoms with Crippen LogP contribution in [-0.2, 0) is 11.3 Å². The largest absolute Gasteiger partial charge is 0.482 e. The normalized spacial score (nSPS) is 14.4. The average molecular weight is 457 g/mol. The van der Waals surface area contributed by atoms with Crippen LogP contribution in [0.1, 0.15) is 39.1 Å². The second-order valence-electron chi connectivity index (χ2n) is 8.49. The summed E-state index contributed by atoms with van der Waals surface area (Å²) in [5.74, 6) is -0.0157. The second-order valence-corrected chi connectivity index (χ2v) is 8.49. The van der Waals surface area contributed by atoms with Gasteiger partial charge in [-0.2, -0.15) is 0 Å². The Morgan fingerprint density at radius 2 is 1.71 bits per heavy atom. The molecule has 1 aliphatic carbocycles. The summed E-state index contributed by atoms with van der Waals surface area (Å²) < 4.78 is 5.46. The molecule has 2 aliphatic rings. The number of amides is 3. The van der Waals surface area contributed by atoms with Crippen molar-refractivity contribution >= 4 is 34.8 Å². The van der Waals surface area contributed by atoms with Gasteiger partial charge in [-0.1, -0.05) is 12.1 Å². The van der Waals surface area contributed by atoms with Crippen LogP contribution in [0.4, 0.5) is 17.1 Å². The molecule has 0 atom stereocenters. The molecule has 4 N–H and O–H groups in total. The fourth-order valence-corrected chi connectivity index (χ4v) is 3.85. The van der Waals surface area contributed by atoms with Crippen molar-refractivity contribution in [2.45, 2.75) is 25.4 Å². The maximum absolute atomic E-state index is 13.3. The minimum absolute atomic E-state index is 0.0603. The van der Waals surface area contributed by atoms with Gasteiger partial charge >= 0.3 is 0 Å². The summed E-state index contributed by atoms with van der Waals surface area (Å²) in [6.07, 6.45) is 1.93. The van der Waals surface area contributed by atoms with Crippen molar-refractivity contribution in [1.82, 2.24) is 4.90 Å². The van der Waals surface area contributed by atoms with Gasteiger partial charge in [0.2, 0.25) is 0 Å². The molecule has 8 nitrogen and oxygen atoms in total. The molecule has 5 rings (SSSR count). The number of nitrogens with one attached hydrogen (secondary N) is 2. The smallest absolute Gasteiger partial charge is 0.262 e. The highest BCUT2D eigenvalue weighted by Crippen LogP contribution is 2.33. The molecule has 34 heavy (non-hydrogen) atoms. The van der Waals surface area contributed by atoms with E-state index in [1.54, 1.807) is 54.6 Å². The number of anilines is 3. The molecule has 8 heteroatoms. The van der Waals surface area contributed by atoms with E-state index in [9.17, 15) is 14.4 Å². The highest BCUT2D eigenvalue weighted by Gasteiger charge is 2.33. The first-order valence-electron chi connectivity index (χ1n) is 11.1. The van der Waals surface area contributed by atoms with Crippen LogP contribution in [0.15, 0.2) is 66.7 Å². The third kappa shape index (κ3) is 4.71. The molecule has 1 heterocycles. The molecule has 0 aromatic heterocycles. The molecule has 0 bridgehead atoms. The van der Waals surface area contributed by atoms with Crippen LogP contribution in [0.3, 0.4) is 0 Å². The molecule has 172 valence electrons. The number of ether oxygens (including phenoxy) is 1. The molecule has 1 saturated carbocycles. The summed E-state index contributed by atoms with van der Waals surface area (Å²) in [7, 11) is 0. The fourth-order valence-electron chi connectivity index (χ4n) is 3.85. The Bertz CT molecular complexity index is 1250. The van der Waals surface area contributed by atoms with Gasteiger partial charge in [-0.3, -0.25) is 14.4 Å². The molecular formula is C26H24N4O4. The van der Waals surface area contributed by atoms with E-state index < -0.39 is 0 Å². The van der Waals surface area contributed by atoms with Crippen LogP contribution in [0.2, 0.25) is 0 Å². The van der Waals surface area contributed by atoms with Crippen LogP contribution in [0.5, 0.6) is 5.75 Å². The van der Waals surface area contributed by atoms with Gasteiger partial charge in [0.25, 0.3) is 17.7 Å². The van der Waals surface area contributed by atoms with E-state index in [0.717, 1.165) is 18.4 Å². The molecule has 3 aromatic rings. The number of hydrogen-bond acceptors (Lipinski definition) is 5. The third-order valence-corrected chi connectivity index (χ3v) is 5.85. The monoisotopic (exact) mass is 456 g/mol. The van der Waals surface area contributed by atoms with E-state index in [4.69, 9.17) is 10.5 Å². The Morgan fingerprint density at radius 3 is 2.41 bits per heavy atom. The predicted octanol–water partition coefficient (Wildman–Crippen LogP) is 3.66. The first kappa shape index (κ1) is 21.5. The van der Waals surface area contributed by atoms with E-state index in [0.29, 0.717) is 40.5 Å². The van der Waals surface area contributed by atoms with Gasteiger partial charge < -0.3 is 26.0 Å². The minimum atomic E-state index is -0.215. The Balaban J connectivity index is 1.27. The number of nitrogen functional groups attached to an aromatic ring is 1. The van der Waals surface area contributed by atoms with Gasteiger partial charge in [0.15, 0.2) is 6.61 Å². The molecular weight excluding hydrogens is 432 g/mol. The lowest BCUT2D eigenvalue weighted by Gasteiger charge is -2.24. The maximum Gasteiger partial charge on any atom is 0.262 e. The molecule has 0 spiro atoms. The highest BCUT2D eigenvalue weighted by atomic mass is 16.5. The second kappa shape index (κ2) is 8.90. The van der Waals surface area contributed by atoms with E-state index in [2.05, 4.69) is 10.6 Å². The van der Waals surface area contributed by atoms with Crippen molar-refractivity contribution in [2.24, 2.45) is 0 Å². The summed E-state index contributed by atoms with van der Waals surface area (Å²) in [6, 6.07) is 19.5. The lowest BCUT2D eigenvalue weighted by atomic mass is 10.1. The zero-order valence-electron chi connectivity index (χ0n) is 18.4. The Hall–Kier alpha value is -4.33. The summed E-state index contributed by atoms with van der Waals surface area (Å²) in [6.45, 7) is 0.382. The number of fused-ring (bicyclic) bond motifs is 1. The summed E-state index contributed by atoms with van der Waals surface area (Å²) in [5.41, 5.74) is 9.53. The van der Waals surface area contributed by atoms with E-state index >= 15 is 0 Å². The van der Waals surface area contributed by atoms with Gasteiger partial charge in [-0.25, -0.2) is 0 Å². The lowest BCUT2D eigenvalue weighted by molar-refractivity contribution is -0.118. The van der Waals surface area contributed by atoms with Gasteiger partial charge in [0.05, 0.1) is 5.69 Å². The quantitative estimate of drug-likeness (QED) is 0.490. The SMILES string of the molecule is Nc1ccc(NC(=O)c2ccc(CN(C(=O)c3ccc4c(c3)OCC(=O)N4)C3CC3)cc2)cc1. The standard InChI is InChI=1S/C26H24N4O4/c27-19-6-8-20(9-7-19)28-25(32)17-3-1-16(2-4-17)14-30(21-10-11-21)26(33)18-5-12-22-23(13-18)34-15-24(31)29-22/h1-9,12-13,21H,10-11,14-15,27H2,(H,28,32)(H,29,31). The van der Waals surface area contributed by atoms with Crippen molar-refractivity contribution in [1.29, 1.82) is 0 Å². The summed E-state index contributed by atoms with van der Waals surface area (Å²) in [5, 5.41) is 5.58. The summed E-state index contributed by atoms with van der Waals surface area (Å²) in [4.78, 5) is 39.2. The Morgan fingerprint density at radius 1 is 1.00 bits per heavy atom. The predicted molar refractivity (Wildman–Crippen MR) is 129 cm³/mol. The number of carbonyl (C=O) groups is 3. The number of hydrogen-bond donors (Lipinski definition) is 3. The lowest BCUT2D eigenvalue weighted by Crippen LogP contribution is -2.33. The fraction of sp³-hybridized carbons (Fsp3) is 0.192. The molecule has 0 unspecified atom stereocenters. The molecule has 0 radical (unpaired) electrons. The van der Waals surface area contributed by atoms with Crippen LogP contribution in [-0.4, -0.2) is 35.3 Å². The van der Waals surface area contributed by atoms with Crippen molar-refractivity contribution in [3.05, 3.63) is 83.4 Å². The van der Waals surface area contributed by atoms with E-state index in [-0.39, 0.29) is 30.4 Å². The van der Waals surface area contributed by atoms with Crippen molar-refractivity contribution in [3.63, 3.8) is 0 Å². The topological polar surface area (TPSA) is 114 Å². The molecule has 1 aliphatic heterocycles.